The monoisotopic (exact) mass is 467 g/mol. The van der Waals surface area contributed by atoms with E-state index in [1.165, 1.54) is 54.9 Å². The van der Waals surface area contributed by atoms with E-state index >= 15 is 0 Å². The van der Waals surface area contributed by atoms with Crippen LogP contribution in [0.25, 0.3) is 65.4 Å². The van der Waals surface area contributed by atoms with Crippen LogP contribution in [0.1, 0.15) is 5.56 Å². The van der Waals surface area contributed by atoms with Crippen LogP contribution in [0.3, 0.4) is 0 Å². The van der Waals surface area contributed by atoms with Gasteiger partial charge in [-0.15, -0.1) is 11.3 Å². The molecule has 0 fully saturated rings. The highest BCUT2D eigenvalue weighted by molar-refractivity contribution is 7.22. The molecular weight excluding hydrogens is 444 g/mol. The molecule has 35 heavy (non-hydrogen) atoms. The van der Waals surface area contributed by atoms with Crippen LogP contribution in [0.4, 0.5) is 0 Å². The summed E-state index contributed by atoms with van der Waals surface area (Å²) in [7, 11) is 2.13. The Labute approximate surface area is 208 Å². The molecule has 7 rings (SSSR count). The maximum atomic E-state index is 5.07. The molecule has 3 heteroatoms. The number of fused-ring (bicyclic) bond motifs is 14. The second-order valence-corrected chi connectivity index (χ2v) is 10.3. The number of thiazole rings is 1. The molecule has 0 atom stereocenters. The molecule has 166 valence electrons. The lowest BCUT2D eigenvalue weighted by molar-refractivity contribution is -0.659. The first-order valence-electron chi connectivity index (χ1n) is 11.9. The number of hydrogen-bond acceptors (Lipinski definition) is 2. The fourth-order valence-corrected chi connectivity index (χ4v) is 6.26. The van der Waals surface area contributed by atoms with Gasteiger partial charge in [-0.2, -0.15) is 4.57 Å². The van der Waals surface area contributed by atoms with Crippen LogP contribution in [0.15, 0.2) is 103 Å². The molecular formula is C32H23N2S+. The van der Waals surface area contributed by atoms with Gasteiger partial charge in [-0.1, -0.05) is 66.7 Å². The summed E-state index contributed by atoms with van der Waals surface area (Å²) in [4.78, 5) is 5.07. The minimum atomic E-state index is 1.04. The number of aromatic nitrogens is 2. The van der Waals surface area contributed by atoms with Crippen LogP contribution in [-0.4, -0.2) is 4.98 Å². The highest BCUT2D eigenvalue weighted by Crippen LogP contribution is 2.39. The second kappa shape index (κ2) is 7.72. The maximum Gasteiger partial charge on any atom is 0.232 e. The molecule has 2 nitrogen and oxygen atoms in total. The molecule has 0 spiro atoms. The van der Waals surface area contributed by atoms with Crippen molar-refractivity contribution in [1.82, 2.24) is 4.98 Å². The third-order valence-electron chi connectivity index (χ3n) is 7.00. The van der Waals surface area contributed by atoms with Crippen LogP contribution in [0.2, 0.25) is 0 Å². The topological polar surface area (TPSA) is 16.8 Å². The van der Waals surface area contributed by atoms with Gasteiger partial charge in [0.1, 0.15) is 16.8 Å². The number of rotatable bonds is 0. The summed E-state index contributed by atoms with van der Waals surface area (Å²) in [5.74, 6) is 0. The van der Waals surface area contributed by atoms with Crippen molar-refractivity contribution in [3.05, 3.63) is 109 Å². The van der Waals surface area contributed by atoms with Crippen molar-refractivity contribution in [3.63, 3.8) is 0 Å². The lowest BCUT2D eigenvalue weighted by atomic mass is 9.94. The molecule has 4 aromatic carbocycles. The van der Waals surface area contributed by atoms with Crippen LogP contribution < -0.4 is 4.57 Å². The molecule has 0 N–H and O–H groups in total. The first kappa shape index (κ1) is 20.3. The number of nitrogens with zero attached hydrogens (tertiary/aromatic N) is 2. The van der Waals surface area contributed by atoms with Gasteiger partial charge in [0.15, 0.2) is 6.20 Å². The smallest absolute Gasteiger partial charge is 0.232 e. The van der Waals surface area contributed by atoms with Crippen molar-refractivity contribution >= 4 is 21.6 Å². The molecule has 1 aliphatic rings. The average molecular weight is 468 g/mol. The Bertz CT molecular complexity index is 1780. The van der Waals surface area contributed by atoms with Crippen LogP contribution in [-0.2, 0) is 7.05 Å². The van der Waals surface area contributed by atoms with E-state index in [1.54, 1.807) is 11.3 Å². The predicted octanol–water partition coefficient (Wildman–Crippen LogP) is 8.08. The Morgan fingerprint density at radius 2 is 1.17 bits per heavy atom. The summed E-state index contributed by atoms with van der Waals surface area (Å²) < 4.78 is 3.45. The molecule has 3 heterocycles. The minimum Gasteiger partial charge on any atom is -0.236 e. The third kappa shape index (κ3) is 3.31. The Balaban J connectivity index is 1.61. The summed E-state index contributed by atoms with van der Waals surface area (Å²) in [5.41, 5.74) is 13.3. The second-order valence-electron chi connectivity index (χ2n) is 9.28. The van der Waals surface area contributed by atoms with E-state index in [0.717, 1.165) is 16.1 Å². The van der Waals surface area contributed by atoms with Crippen molar-refractivity contribution in [3.8, 4) is 55.2 Å². The van der Waals surface area contributed by atoms with Gasteiger partial charge in [0.25, 0.3) is 0 Å². The van der Waals surface area contributed by atoms with E-state index in [4.69, 9.17) is 4.98 Å². The number of pyridine rings is 1. The Hall–Kier alpha value is -4.08. The van der Waals surface area contributed by atoms with Crippen molar-refractivity contribution in [1.29, 1.82) is 0 Å². The Morgan fingerprint density at radius 3 is 1.80 bits per heavy atom. The molecule has 0 saturated heterocycles. The molecule has 0 radical (unpaired) electrons. The third-order valence-corrected chi connectivity index (χ3v) is 8.13. The molecule has 0 amide bonds. The summed E-state index contributed by atoms with van der Waals surface area (Å²) in [6.45, 7) is 2.20. The highest BCUT2D eigenvalue weighted by atomic mass is 32.1. The van der Waals surface area contributed by atoms with Gasteiger partial charge in [0.2, 0.25) is 5.69 Å². The maximum absolute atomic E-state index is 5.07. The number of aryl methyl sites for hydroxylation is 2. The van der Waals surface area contributed by atoms with Gasteiger partial charge in [0.05, 0.1) is 11.1 Å². The van der Waals surface area contributed by atoms with E-state index in [1.807, 2.05) is 0 Å². The van der Waals surface area contributed by atoms with E-state index in [0.29, 0.717) is 0 Å². The van der Waals surface area contributed by atoms with Crippen molar-refractivity contribution in [2.45, 2.75) is 6.92 Å². The Kier molecular flexibility index (Phi) is 4.48. The lowest BCUT2D eigenvalue weighted by Crippen LogP contribution is -2.30. The molecule has 10 bridgehead atoms. The zero-order valence-electron chi connectivity index (χ0n) is 19.6. The fourth-order valence-electron chi connectivity index (χ4n) is 5.11. The molecule has 0 saturated carbocycles. The van der Waals surface area contributed by atoms with E-state index in [-0.39, 0.29) is 0 Å². The molecule has 1 aliphatic heterocycles. The standard InChI is InChI=1S/C32H23N2S/c1-20-12-13-26-19-28(20)30-31-29(14-15-34(30)2)33-32(35-31)27-11-5-10-25(18-27)23-8-3-6-21(16-23)22-7-4-9-24(26)17-22/h3-19H,1-2H3/q+1. The normalized spacial score (nSPS) is 11.7. The zero-order valence-corrected chi connectivity index (χ0v) is 20.4. The molecule has 0 aliphatic carbocycles. The van der Waals surface area contributed by atoms with Gasteiger partial charge < -0.3 is 0 Å². The van der Waals surface area contributed by atoms with Crippen molar-refractivity contribution in [2.75, 3.05) is 0 Å². The average Bonchev–Trinajstić information content (AvgIpc) is 3.34. The van der Waals surface area contributed by atoms with E-state index in [2.05, 4.69) is 122 Å². The zero-order chi connectivity index (χ0) is 23.5. The molecule has 0 unspecified atom stereocenters. The Morgan fingerprint density at radius 1 is 0.629 bits per heavy atom. The van der Waals surface area contributed by atoms with E-state index in [9.17, 15) is 0 Å². The van der Waals surface area contributed by atoms with Gasteiger partial charge in [-0.25, -0.2) is 4.98 Å². The van der Waals surface area contributed by atoms with Gasteiger partial charge in [-0.05, 0) is 70.1 Å². The van der Waals surface area contributed by atoms with Gasteiger partial charge in [0, 0.05) is 11.6 Å². The lowest BCUT2D eigenvalue weighted by Gasteiger charge is -2.11. The summed E-state index contributed by atoms with van der Waals surface area (Å²) >= 11 is 1.78. The van der Waals surface area contributed by atoms with Crippen LogP contribution >= 0.6 is 11.3 Å². The number of hydrogen-bond donors (Lipinski definition) is 0. The summed E-state index contributed by atoms with van der Waals surface area (Å²) in [5, 5.41) is 1.05. The SMILES string of the molecule is Cc1ccc2cc1-c1c3sc(nc3cc[n+]1C)-c1cccc(c1)-c1cccc(c1)-c1cccc-2c1. The van der Waals surface area contributed by atoms with Gasteiger partial charge >= 0.3 is 0 Å². The van der Waals surface area contributed by atoms with Crippen LogP contribution in [0.5, 0.6) is 0 Å². The summed E-state index contributed by atoms with van der Waals surface area (Å²) in [6, 6.07) is 35.4. The first-order valence-corrected chi connectivity index (χ1v) is 12.7. The molecule has 2 aromatic heterocycles. The van der Waals surface area contributed by atoms with E-state index < -0.39 is 0 Å². The van der Waals surface area contributed by atoms with Crippen molar-refractivity contribution < 1.29 is 4.57 Å². The number of benzene rings is 4. The summed E-state index contributed by atoms with van der Waals surface area (Å²) in [6.07, 6.45) is 2.13. The molecule has 6 aromatic rings. The van der Waals surface area contributed by atoms with Gasteiger partial charge in [-0.3, -0.25) is 0 Å². The first-order chi connectivity index (χ1) is 17.1. The quantitative estimate of drug-likeness (QED) is 0.206. The van der Waals surface area contributed by atoms with Crippen LogP contribution in [0, 0.1) is 6.92 Å². The minimum absolute atomic E-state index is 1.04. The van der Waals surface area contributed by atoms with Crippen molar-refractivity contribution in [2.24, 2.45) is 7.05 Å². The fraction of sp³-hybridized carbons (Fsp3) is 0.0625. The predicted molar refractivity (Wildman–Crippen MR) is 146 cm³/mol. The largest absolute Gasteiger partial charge is 0.236 e. The highest BCUT2D eigenvalue weighted by Gasteiger charge is 2.22.